The van der Waals surface area contributed by atoms with Crippen LogP contribution in [0.15, 0.2) is 0 Å². The van der Waals surface area contributed by atoms with E-state index in [0.29, 0.717) is 0 Å². The molecule has 1 fully saturated rings. The van der Waals surface area contributed by atoms with Crippen LogP contribution in [0.5, 0.6) is 0 Å². The molecule has 0 unspecified atom stereocenters. The monoisotopic (exact) mass is 215 g/mol. The number of aliphatic hydroxyl groups is 1. The van der Waals surface area contributed by atoms with Crippen molar-refractivity contribution in [3.05, 3.63) is 0 Å². The van der Waals surface area contributed by atoms with Crippen LogP contribution >= 0.6 is 0 Å². The summed E-state index contributed by atoms with van der Waals surface area (Å²) in [6, 6.07) is -0.183. The first kappa shape index (κ1) is 12.5. The van der Waals surface area contributed by atoms with Gasteiger partial charge >= 0.3 is 5.97 Å². The van der Waals surface area contributed by atoms with Gasteiger partial charge in [0, 0.05) is 6.04 Å². The molecule has 1 aliphatic carbocycles. The van der Waals surface area contributed by atoms with Crippen molar-refractivity contribution >= 4 is 5.97 Å². The number of rotatable bonds is 2. The lowest BCUT2D eigenvalue weighted by atomic mass is 10.0. The van der Waals surface area contributed by atoms with E-state index in [2.05, 4.69) is 0 Å². The predicted octanol–water partition coefficient (Wildman–Crippen LogP) is 0.816. The summed E-state index contributed by atoms with van der Waals surface area (Å²) in [7, 11) is 0. The van der Waals surface area contributed by atoms with Crippen LogP contribution in [0.3, 0.4) is 0 Å². The molecule has 0 spiro atoms. The van der Waals surface area contributed by atoms with Gasteiger partial charge in [0.05, 0.1) is 12.5 Å². The fourth-order valence-electron chi connectivity index (χ4n) is 1.92. The van der Waals surface area contributed by atoms with Gasteiger partial charge in [-0.05, 0) is 39.5 Å². The van der Waals surface area contributed by atoms with Crippen molar-refractivity contribution in [2.45, 2.75) is 57.8 Å². The second-order valence-electron chi connectivity index (χ2n) is 5.28. The molecule has 4 nitrogen and oxygen atoms in total. The molecule has 1 saturated carbocycles. The third-order valence-electron chi connectivity index (χ3n) is 2.64. The van der Waals surface area contributed by atoms with E-state index >= 15 is 0 Å². The Morgan fingerprint density at radius 1 is 1.47 bits per heavy atom. The summed E-state index contributed by atoms with van der Waals surface area (Å²) >= 11 is 0. The van der Waals surface area contributed by atoms with Gasteiger partial charge in [-0.1, -0.05) is 0 Å². The molecule has 4 heteroatoms. The minimum atomic E-state index is -0.558. The molecular formula is C11H21NO3. The van der Waals surface area contributed by atoms with Crippen LogP contribution in [0.2, 0.25) is 0 Å². The number of esters is 1. The van der Waals surface area contributed by atoms with Gasteiger partial charge in [0.1, 0.15) is 5.60 Å². The summed E-state index contributed by atoms with van der Waals surface area (Å²) in [6.07, 6.45) is 1.31. The van der Waals surface area contributed by atoms with Crippen molar-refractivity contribution in [2.75, 3.05) is 0 Å². The zero-order chi connectivity index (χ0) is 11.6. The second kappa shape index (κ2) is 4.49. The summed E-state index contributed by atoms with van der Waals surface area (Å²) in [5.41, 5.74) is 5.21. The van der Waals surface area contributed by atoms with Crippen molar-refractivity contribution in [3.63, 3.8) is 0 Å². The number of nitrogens with two attached hydrogens (primary N) is 1. The molecule has 15 heavy (non-hydrogen) atoms. The smallest absolute Gasteiger partial charge is 0.306 e. The Morgan fingerprint density at radius 2 is 2.07 bits per heavy atom. The standard InChI is InChI=1S/C11H21NO3/c1-11(2,3)15-9(13)6-7-4-5-8(12)10(7)14/h7-8,10,14H,4-6,12H2,1-3H3/t7-,8+,10+/m1/s1. The number of aliphatic hydroxyl groups excluding tert-OH is 1. The third-order valence-corrected chi connectivity index (χ3v) is 2.64. The van der Waals surface area contributed by atoms with Gasteiger partial charge in [-0.2, -0.15) is 0 Å². The minimum absolute atomic E-state index is 0.0325. The van der Waals surface area contributed by atoms with Crippen LogP contribution in [0.4, 0.5) is 0 Å². The predicted molar refractivity (Wildman–Crippen MR) is 57.2 cm³/mol. The zero-order valence-electron chi connectivity index (χ0n) is 9.69. The summed E-state index contributed by atoms with van der Waals surface area (Å²) in [5.74, 6) is -0.282. The molecule has 0 radical (unpaired) electrons. The minimum Gasteiger partial charge on any atom is -0.460 e. The molecule has 0 saturated heterocycles. The molecule has 3 N–H and O–H groups in total. The van der Waals surface area contributed by atoms with Crippen molar-refractivity contribution in [1.29, 1.82) is 0 Å². The quantitative estimate of drug-likeness (QED) is 0.669. The Hall–Kier alpha value is -0.610. The highest BCUT2D eigenvalue weighted by atomic mass is 16.6. The molecule has 0 aliphatic heterocycles. The van der Waals surface area contributed by atoms with Crippen LogP contribution in [-0.4, -0.2) is 28.8 Å². The first-order valence-electron chi connectivity index (χ1n) is 5.45. The van der Waals surface area contributed by atoms with E-state index in [1.54, 1.807) is 0 Å². The van der Waals surface area contributed by atoms with Gasteiger partial charge < -0.3 is 15.6 Å². The van der Waals surface area contributed by atoms with E-state index < -0.39 is 11.7 Å². The maximum atomic E-state index is 11.5. The van der Waals surface area contributed by atoms with Crippen LogP contribution in [-0.2, 0) is 9.53 Å². The van der Waals surface area contributed by atoms with E-state index in [1.165, 1.54) is 0 Å². The van der Waals surface area contributed by atoms with Crippen molar-refractivity contribution < 1.29 is 14.6 Å². The lowest BCUT2D eigenvalue weighted by Gasteiger charge is -2.22. The van der Waals surface area contributed by atoms with Crippen LogP contribution in [0, 0.1) is 5.92 Å². The summed E-state index contributed by atoms with van der Waals surface area (Å²) in [6.45, 7) is 5.51. The zero-order valence-corrected chi connectivity index (χ0v) is 9.69. The molecule has 0 amide bonds. The van der Waals surface area contributed by atoms with Crippen molar-refractivity contribution in [1.82, 2.24) is 0 Å². The van der Waals surface area contributed by atoms with Gasteiger partial charge in [0.25, 0.3) is 0 Å². The second-order valence-corrected chi connectivity index (χ2v) is 5.28. The maximum Gasteiger partial charge on any atom is 0.306 e. The number of hydrogen-bond donors (Lipinski definition) is 2. The largest absolute Gasteiger partial charge is 0.460 e. The molecule has 3 atom stereocenters. The fourth-order valence-corrected chi connectivity index (χ4v) is 1.92. The van der Waals surface area contributed by atoms with Gasteiger partial charge in [0.15, 0.2) is 0 Å². The molecule has 0 bridgehead atoms. The fraction of sp³-hybridized carbons (Fsp3) is 0.909. The molecule has 1 aliphatic rings. The Bertz CT molecular complexity index is 234. The highest BCUT2D eigenvalue weighted by molar-refractivity contribution is 5.70. The topological polar surface area (TPSA) is 72.5 Å². The highest BCUT2D eigenvalue weighted by Crippen LogP contribution is 2.28. The lowest BCUT2D eigenvalue weighted by Crippen LogP contribution is -2.34. The Kier molecular flexibility index (Phi) is 3.73. The molecule has 0 aromatic carbocycles. The average molecular weight is 215 g/mol. The van der Waals surface area contributed by atoms with E-state index in [9.17, 15) is 9.90 Å². The number of carbonyl (C=O) groups excluding carboxylic acids is 1. The third kappa shape index (κ3) is 3.80. The summed E-state index contributed by atoms with van der Waals surface area (Å²) in [5, 5.41) is 9.67. The van der Waals surface area contributed by atoms with Crippen LogP contribution in [0.1, 0.15) is 40.0 Å². The van der Waals surface area contributed by atoms with E-state index in [0.717, 1.165) is 12.8 Å². The van der Waals surface area contributed by atoms with E-state index in [4.69, 9.17) is 10.5 Å². The van der Waals surface area contributed by atoms with Gasteiger partial charge in [-0.15, -0.1) is 0 Å². The summed E-state index contributed by atoms with van der Waals surface area (Å²) in [4.78, 5) is 11.5. The molecule has 1 rings (SSSR count). The molecular weight excluding hydrogens is 194 g/mol. The first-order valence-corrected chi connectivity index (χ1v) is 5.45. The Morgan fingerprint density at radius 3 is 2.47 bits per heavy atom. The van der Waals surface area contributed by atoms with Gasteiger partial charge in [0.2, 0.25) is 0 Å². The molecule has 88 valence electrons. The van der Waals surface area contributed by atoms with Crippen molar-refractivity contribution in [3.8, 4) is 0 Å². The Balaban J connectivity index is 2.39. The number of hydrogen-bond acceptors (Lipinski definition) is 4. The maximum absolute atomic E-state index is 11.5. The first-order chi connectivity index (χ1) is 6.79. The Labute approximate surface area is 90.8 Å². The van der Waals surface area contributed by atoms with E-state index in [1.807, 2.05) is 20.8 Å². The average Bonchev–Trinajstić information content (AvgIpc) is 2.32. The van der Waals surface area contributed by atoms with Crippen molar-refractivity contribution in [2.24, 2.45) is 11.7 Å². The number of ether oxygens (including phenoxy) is 1. The van der Waals surface area contributed by atoms with E-state index in [-0.39, 0.29) is 24.3 Å². The van der Waals surface area contributed by atoms with Gasteiger partial charge in [-0.25, -0.2) is 0 Å². The SMILES string of the molecule is CC(C)(C)OC(=O)C[C@H]1CC[C@H](N)[C@H]1O. The van der Waals surface area contributed by atoms with Gasteiger partial charge in [-0.3, -0.25) is 4.79 Å². The van der Waals surface area contributed by atoms with Crippen LogP contribution in [0.25, 0.3) is 0 Å². The van der Waals surface area contributed by atoms with Crippen LogP contribution < -0.4 is 5.73 Å². The molecule has 0 aromatic rings. The highest BCUT2D eigenvalue weighted by Gasteiger charge is 2.34. The molecule has 0 heterocycles. The lowest BCUT2D eigenvalue weighted by molar-refractivity contribution is -0.156. The number of carbonyl (C=O) groups is 1. The molecule has 0 aromatic heterocycles. The normalized spacial score (nSPS) is 31.7. The summed E-state index contributed by atoms with van der Waals surface area (Å²) < 4.78 is 5.19.